The number of hydrogen-bond acceptors (Lipinski definition) is 5. The van der Waals surface area contributed by atoms with E-state index in [0.717, 1.165) is 54.9 Å². The molecular weight excluding hydrogens is 484 g/mol. The van der Waals surface area contributed by atoms with Crippen LogP contribution in [-0.2, 0) is 21.4 Å². The van der Waals surface area contributed by atoms with E-state index >= 15 is 0 Å². The SMILES string of the molecule is Cc1ccc(S(=O)(=O)N(CC(=O)NN=C2CCN(Cc3ccccc3)CC2)c2ccc(C)cc2C)cc1. The molecule has 1 aliphatic heterocycles. The summed E-state index contributed by atoms with van der Waals surface area (Å²) in [6.45, 7) is 7.95. The Kier molecular flexibility index (Phi) is 8.41. The molecule has 1 aliphatic rings. The Morgan fingerprint density at radius 2 is 1.57 bits per heavy atom. The van der Waals surface area contributed by atoms with Gasteiger partial charge in [-0.3, -0.25) is 14.0 Å². The van der Waals surface area contributed by atoms with E-state index in [1.807, 2.05) is 51.1 Å². The van der Waals surface area contributed by atoms with Crippen LogP contribution in [-0.4, -0.2) is 44.6 Å². The van der Waals surface area contributed by atoms with Gasteiger partial charge in [-0.25, -0.2) is 13.8 Å². The number of likely N-dealkylation sites (tertiary alicyclic amines) is 1. The highest BCUT2D eigenvalue weighted by molar-refractivity contribution is 7.92. The van der Waals surface area contributed by atoms with Gasteiger partial charge in [-0.2, -0.15) is 5.10 Å². The number of piperidine rings is 1. The second-order valence-electron chi connectivity index (χ2n) is 9.59. The van der Waals surface area contributed by atoms with Crippen LogP contribution >= 0.6 is 0 Å². The molecule has 0 saturated carbocycles. The lowest BCUT2D eigenvalue weighted by molar-refractivity contribution is -0.119. The quantitative estimate of drug-likeness (QED) is 0.443. The van der Waals surface area contributed by atoms with Gasteiger partial charge in [0.2, 0.25) is 0 Å². The summed E-state index contributed by atoms with van der Waals surface area (Å²) in [4.78, 5) is 15.5. The number of sulfonamides is 1. The minimum atomic E-state index is -3.96. The molecule has 1 fully saturated rings. The van der Waals surface area contributed by atoms with Gasteiger partial charge in [0.15, 0.2) is 0 Å². The van der Waals surface area contributed by atoms with E-state index in [1.54, 1.807) is 30.3 Å². The van der Waals surface area contributed by atoms with Gasteiger partial charge in [-0.05, 0) is 50.1 Å². The highest BCUT2D eigenvalue weighted by Crippen LogP contribution is 2.27. The molecule has 0 bridgehead atoms. The molecule has 1 saturated heterocycles. The third-order valence-corrected chi connectivity index (χ3v) is 8.31. The smallest absolute Gasteiger partial charge is 0.264 e. The summed E-state index contributed by atoms with van der Waals surface area (Å²) >= 11 is 0. The van der Waals surface area contributed by atoms with Gasteiger partial charge in [0.25, 0.3) is 15.9 Å². The monoisotopic (exact) mass is 518 g/mol. The summed E-state index contributed by atoms with van der Waals surface area (Å²) in [6, 6.07) is 22.5. The third kappa shape index (κ3) is 6.84. The Morgan fingerprint density at radius 3 is 2.22 bits per heavy atom. The fraction of sp³-hybridized carbons (Fsp3) is 0.310. The van der Waals surface area contributed by atoms with Gasteiger partial charge >= 0.3 is 0 Å². The molecule has 37 heavy (non-hydrogen) atoms. The molecule has 0 aromatic heterocycles. The molecule has 8 heteroatoms. The van der Waals surface area contributed by atoms with Crippen molar-refractivity contribution >= 4 is 27.3 Å². The van der Waals surface area contributed by atoms with E-state index in [-0.39, 0.29) is 11.4 Å². The van der Waals surface area contributed by atoms with Crippen LogP contribution in [0, 0.1) is 20.8 Å². The van der Waals surface area contributed by atoms with Gasteiger partial charge in [-0.1, -0.05) is 65.7 Å². The maximum absolute atomic E-state index is 13.6. The van der Waals surface area contributed by atoms with Crippen LogP contribution < -0.4 is 9.73 Å². The van der Waals surface area contributed by atoms with Crippen LogP contribution in [0.15, 0.2) is 82.8 Å². The number of amides is 1. The second kappa shape index (κ2) is 11.7. The highest BCUT2D eigenvalue weighted by atomic mass is 32.2. The first-order valence-electron chi connectivity index (χ1n) is 12.5. The lowest BCUT2D eigenvalue weighted by atomic mass is 10.1. The molecule has 0 atom stereocenters. The highest BCUT2D eigenvalue weighted by Gasteiger charge is 2.28. The Hall–Kier alpha value is -3.49. The predicted octanol–water partition coefficient (Wildman–Crippen LogP) is 4.58. The summed E-state index contributed by atoms with van der Waals surface area (Å²) in [6.07, 6.45) is 1.52. The minimum absolute atomic E-state index is 0.142. The Bertz CT molecular complexity index is 1360. The van der Waals surface area contributed by atoms with Crippen molar-refractivity contribution in [2.75, 3.05) is 23.9 Å². The van der Waals surface area contributed by atoms with Crippen molar-refractivity contribution in [3.05, 3.63) is 95.1 Å². The molecule has 0 spiro atoms. The molecule has 7 nitrogen and oxygen atoms in total. The van der Waals surface area contributed by atoms with Gasteiger partial charge in [0.1, 0.15) is 6.54 Å². The van der Waals surface area contributed by atoms with Crippen molar-refractivity contribution in [2.45, 2.75) is 45.1 Å². The number of anilines is 1. The Balaban J connectivity index is 1.45. The molecule has 0 unspecified atom stereocenters. The van der Waals surface area contributed by atoms with E-state index in [4.69, 9.17) is 0 Å². The molecule has 194 valence electrons. The van der Waals surface area contributed by atoms with Crippen LogP contribution in [0.25, 0.3) is 0 Å². The molecule has 1 amide bonds. The van der Waals surface area contributed by atoms with Crippen LogP contribution in [0.4, 0.5) is 5.69 Å². The van der Waals surface area contributed by atoms with Crippen molar-refractivity contribution in [2.24, 2.45) is 5.10 Å². The number of aryl methyl sites for hydroxylation is 3. The molecular formula is C29H34N4O3S. The van der Waals surface area contributed by atoms with E-state index in [1.165, 1.54) is 9.87 Å². The van der Waals surface area contributed by atoms with Gasteiger partial charge in [0.05, 0.1) is 10.6 Å². The zero-order valence-corrected chi connectivity index (χ0v) is 22.5. The molecule has 1 N–H and O–H groups in total. The maximum atomic E-state index is 13.6. The molecule has 0 radical (unpaired) electrons. The summed E-state index contributed by atoms with van der Waals surface area (Å²) in [5, 5.41) is 4.34. The van der Waals surface area contributed by atoms with Crippen LogP contribution in [0.3, 0.4) is 0 Å². The third-order valence-electron chi connectivity index (χ3n) is 6.54. The Labute approximate surface area is 219 Å². The number of nitrogens with zero attached hydrogens (tertiary/aromatic N) is 3. The number of hydrazone groups is 1. The van der Waals surface area contributed by atoms with E-state index in [0.29, 0.717) is 5.69 Å². The predicted molar refractivity (Wildman–Crippen MR) is 148 cm³/mol. The van der Waals surface area contributed by atoms with Gasteiger partial charge in [0, 0.05) is 38.2 Å². The van der Waals surface area contributed by atoms with Crippen molar-refractivity contribution < 1.29 is 13.2 Å². The van der Waals surface area contributed by atoms with Gasteiger partial charge in [-0.15, -0.1) is 0 Å². The average molecular weight is 519 g/mol. The molecule has 3 aromatic carbocycles. The number of benzene rings is 3. The lowest BCUT2D eigenvalue weighted by Gasteiger charge is -2.28. The lowest BCUT2D eigenvalue weighted by Crippen LogP contribution is -2.40. The summed E-state index contributed by atoms with van der Waals surface area (Å²) in [7, 11) is -3.96. The van der Waals surface area contributed by atoms with Crippen molar-refractivity contribution in [3.8, 4) is 0 Å². The number of hydrogen-bond donors (Lipinski definition) is 1. The second-order valence-corrected chi connectivity index (χ2v) is 11.5. The summed E-state index contributed by atoms with van der Waals surface area (Å²) < 4.78 is 28.4. The molecule has 4 rings (SSSR count). The van der Waals surface area contributed by atoms with E-state index in [9.17, 15) is 13.2 Å². The van der Waals surface area contributed by atoms with Gasteiger partial charge < -0.3 is 0 Å². The first-order chi connectivity index (χ1) is 17.7. The minimum Gasteiger partial charge on any atom is -0.298 e. The number of carbonyl (C=O) groups is 1. The van der Waals surface area contributed by atoms with Crippen molar-refractivity contribution in [1.29, 1.82) is 0 Å². The van der Waals surface area contributed by atoms with E-state index < -0.39 is 15.9 Å². The molecule has 3 aromatic rings. The molecule has 0 aliphatic carbocycles. The fourth-order valence-corrected chi connectivity index (χ4v) is 5.94. The fourth-order valence-electron chi connectivity index (χ4n) is 4.45. The largest absolute Gasteiger partial charge is 0.298 e. The standard InChI is InChI=1S/C29H34N4O3S/c1-22-9-12-27(13-10-22)37(35,36)33(28-14-11-23(2)19-24(28)3)21-29(34)31-30-26-15-17-32(18-16-26)20-25-7-5-4-6-8-25/h4-14,19H,15-18,20-21H2,1-3H3,(H,31,34). The number of carbonyl (C=O) groups excluding carboxylic acids is 1. The first-order valence-corrected chi connectivity index (χ1v) is 13.9. The Morgan fingerprint density at radius 1 is 0.919 bits per heavy atom. The first kappa shape index (κ1) is 26.6. The van der Waals surface area contributed by atoms with Crippen molar-refractivity contribution in [3.63, 3.8) is 0 Å². The zero-order valence-electron chi connectivity index (χ0n) is 21.6. The topological polar surface area (TPSA) is 82.1 Å². The summed E-state index contributed by atoms with van der Waals surface area (Å²) in [5.41, 5.74) is 8.02. The number of nitrogens with one attached hydrogen (secondary N) is 1. The average Bonchev–Trinajstić information content (AvgIpc) is 2.88. The molecule has 1 heterocycles. The van der Waals surface area contributed by atoms with Crippen LogP contribution in [0.1, 0.15) is 35.1 Å². The zero-order chi connectivity index (χ0) is 26.4. The number of rotatable bonds is 8. The normalized spacial score (nSPS) is 14.3. The van der Waals surface area contributed by atoms with Crippen LogP contribution in [0.2, 0.25) is 0 Å². The maximum Gasteiger partial charge on any atom is 0.264 e. The van der Waals surface area contributed by atoms with E-state index in [2.05, 4.69) is 27.6 Å². The van der Waals surface area contributed by atoms with Crippen LogP contribution in [0.5, 0.6) is 0 Å². The van der Waals surface area contributed by atoms with Crippen molar-refractivity contribution in [1.82, 2.24) is 10.3 Å². The summed E-state index contributed by atoms with van der Waals surface area (Å²) in [5.74, 6) is -0.477.